The van der Waals surface area contributed by atoms with Crippen LogP contribution in [0.2, 0.25) is 0 Å². The summed E-state index contributed by atoms with van der Waals surface area (Å²) in [7, 11) is 0. The molecule has 3 heterocycles. The smallest absolute Gasteiger partial charge is 0.222 e. The summed E-state index contributed by atoms with van der Waals surface area (Å²) >= 11 is 0. The summed E-state index contributed by atoms with van der Waals surface area (Å²) in [6, 6.07) is 1.96. The molecule has 3 N–H and O–H groups in total. The predicted molar refractivity (Wildman–Crippen MR) is 50.4 cm³/mol. The summed E-state index contributed by atoms with van der Waals surface area (Å²) in [6.07, 6.45) is 2.02. The Morgan fingerprint density at radius 1 is 1.46 bits per heavy atom. The fraction of sp³-hybridized carbons (Fsp3) is 0.250. The van der Waals surface area contributed by atoms with Crippen molar-refractivity contribution in [3.63, 3.8) is 0 Å². The van der Waals surface area contributed by atoms with Crippen molar-refractivity contribution in [2.24, 2.45) is 0 Å². The molecule has 13 heavy (non-hydrogen) atoms. The second-order valence-electron chi connectivity index (χ2n) is 3.10. The first-order valence-corrected chi connectivity index (χ1v) is 4.21. The number of anilines is 2. The van der Waals surface area contributed by atoms with Gasteiger partial charge in [0.15, 0.2) is 5.82 Å². The second-order valence-corrected chi connectivity index (χ2v) is 3.10. The van der Waals surface area contributed by atoms with Crippen LogP contribution in [0, 0.1) is 0 Å². The average molecular weight is 175 g/mol. The van der Waals surface area contributed by atoms with Crippen molar-refractivity contribution in [2.75, 3.05) is 17.6 Å². The van der Waals surface area contributed by atoms with E-state index < -0.39 is 0 Å². The van der Waals surface area contributed by atoms with Gasteiger partial charge in [-0.1, -0.05) is 0 Å². The first-order valence-electron chi connectivity index (χ1n) is 4.21. The molecular formula is C8H9N5. The van der Waals surface area contributed by atoms with Crippen molar-refractivity contribution in [3.05, 3.63) is 12.3 Å². The molecule has 0 bridgehead atoms. The summed E-state index contributed by atoms with van der Waals surface area (Å²) in [4.78, 5) is 8.28. The Kier molecular flexibility index (Phi) is 1.10. The van der Waals surface area contributed by atoms with Crippen LogP contribution in [0.5, 0.6) is 0 Å². The molecule has 0 amide bonds. The Morgan fingerprint density at radius 2 is 2.38 bits per heavy atom. The lowest BCUT2D eigenvalue weighted by Crippen LogP contribution is -2.17. The molecule has 5 nitrogen and oxygen atoms in total. The van der Waals surface area contributed by atoms with Gasteiger partial charge in [-0.3, -0.25) is 0 Å². The highest BCUT2D eigenvalue weighted by molar-refractivity contribution is 5.88. The van der Waals surface area contributed by atoms with Crippen LogP contribution < -0.4 is 11.1 Å². The van der Waals surface area contributed by atoms with E-state index in [9.17, 15) is 0 Å². The Bertz CT molecular complexity index is 473. The minimum atomic E-state index is 0.328. The molecular weight excluding hydrogens is 166 g/mol. The van der Waals surface area contributed by atoms with Crippen molar-refractivity contribution in [3.8, 4) is 0 Å². The maximum atomic E-state index is 5.56. The van der Waals surface area contributed by atoms with Gasteiger partial charge in [0.25, 0.3) is 0 Å². The SMILES string of the molecule is Nc1nc2c3c(ccn3CCN2)n1. The van der Waals surface area contributed by atoms with Crippen LogP contribution in [-0.4, -0.2) is 21.1 Å². The number of nitrogens with two attached hydrogens (primary N) is 1. The summed E-state index contributed by atoms with van der Waals surface area (Å²) in [5.41, 5.74) is 7.53. The van der Waals surface area contributed by atoms with Gasteiger partial charge in [-0.25, -0.2) is 4.98 Å². The van der Waals surface area contributed by atoms with Crippen molar-refractivity contribution in [1.29, 1.82) is 0 Å². The molecule has 0 atom stereocenters. The molecule has 2 aromatic rings. The van der Waals surface area contributed by atoms with Crippen LogP contribution in [0.3, 0.4) is 0 Å². The van der Waals surface area contributed by atoms with Crippen molar-refractivity contribution >= 4 is 22.8 Å². The van der Waals surface area contributed by atoms with E-state index in [4.69, 9.17) is 5.73 Å². The topological polar surface area (TPSA) is 68.8 Å². The van der Waals surface area contributed by atoms with Crippen LogP contribution >= 0.6 is 0 Å². The molecule has 66 valence electrons. The molecule has 5 heteroatoms. The van der Waals surface area contributed by atoms with E-state index in [1.165, 1.54) is 0 Å². The first kappa shape index (κ1) is 6.71. The molecule has 1 aliphatic heterocycles. The molecule has 0 radical (unpaired) electrons. The third-order valence-corrected chi connectivity index (χ3v) is 2.27. The predicted octanol–water partition coefficient (Wildman–Crippen LogP) is 0.439. The third kappa shape index (κ3) is 0.809. The van der Waals surface area contributed by atoms with Crippen molar-refractivity contribution < 1.29 is 0 Å². The second kappa shape index (κ2) is 2.12. The van der Waals surface area contributed by atoms with Crippen LogP contribution in [0.25, 0.3) is 11.0 Å². The first-order chi connectivity index (χ1) is 6.34. The molecule has 0 aliphatic carbocycles. The van der Waals surface area contributed by atoms with Gasteiger partial charge < -0.3 is 15.6 Å². The van der Waals surface area contributed by atoms with E-state index in [2.05, 4.69) is 19.9 Å². The Labute approximate surface area is 74.6 Å². The zero-order valence-corrected chi connectivity index (χ0v) is 6.99. The van der Waals surface area contributed by atoms with E-state index in [0.717, 1.165) is 29.9 Å². The van der Waals surface area contributed by atoms with Crippen molar-refractivity contribution in [1.82, 2.24) is 14.5 Å². The highest BCUT2D eigenvalue weighted by Crippen LogP contribution is 2.24. The van der Waals surface area contributed by atoms with E-state index >= 15 is 0 Å². The number of rotatable bonds is 0. The molecule has 0 fully saturated rings. The van der Waals surface area contributed by atoms with Gasteiger partial charge in [0.05, 0.1) is 5.52 Å². The highest BCUT2D eigenvalue weighted by atomic mass is 15.2. The van der Waals surface area contributed by atoms with Crippen molar-refractivity contribution in [2.45, 2.75) is 6.54 Å². The maximum Gasteiger partial charge on any atom is 0.222 e. The summed E-state index contributed by atoms with van der Waals surface area (Å²) in [5.74, 6) is 1.17. The number of hydrogen-bond donors (Lipinski definition) is 2. The highest BCUT2D eigenvalue weighted by Gasteiger charge is 2.14. The maximum absolute atomic E-state index is 5.56. The van der Waals surface area contributed by atoms with Gasteiger partial charge in [0.2, 0.25) is 5.95 Å². The lowest BCUT2D eigenvalue weighted by atomic mass is 10.3. The van der Waals surface area contributed by atoms with E-state index in [1.807, 2.05) is 12.3 Å². The van der Waals surface area contributed by atoms with Crippen LogP contribution in [0.4, 0.5) is 11.8 Å². The van der Waals surface area contributed by atoms with Gasteiger partial charge >= 0.3 is 0 Å². The number of hydrogen-bond acceptors (Lipinski definition) is 4. The molecule has 3 rings (SSSR count). The van der Waals surface area contributed by atoms with E-state index in [1.54, 1.807) is 0 Å². The molecule has 0 saturated carbocycles. The van der Waals surface area contributed by atoms with Gasteiger partial charge in [-0.15, -0.1) is 0 Å². The van der Waals surface area contributed by atoms with Crippen LogP contribution in [-0.2, 0) is 6.54 Å². The molecule has 2 aromatic heterocycles. The number of nitrogens with zero attached hydrogens (tertiary/aromatic N) is 3. The van der Waals surface area contributed by atoms with E-state index in [-0.39, 0.29) is 0 Å². The van der Waals surface area contributed by atoms with E-state index in [0.29, 0.717) is 5.95 Å². The monoisotopic (exact) mass is 175 g/mol. The fourth-order valence-electron chi connectivity index (χ4n) is 1.73. The summed E-state index contributed by atoms with van der Waals surface area (Å²) in [6.45, 7) is 1.86. The summed E-state index contributed by atoms with van der Waals surface area (Å²) in [5, 5.41) is 3.20. The fourth-order valence-corrected chi connectivity index (χ4v) is 1.73. The van der Waals surface area contributed by atoms with Gasteiger partial charge in [0, 0.05) is 19.3 Å². The number of aromatic nitrogens is 3. The molecule has 0 spiro atoms. The number of nitrogen functional groups attached to an aromatic ring is 1. The standard InChI is InChI=1S/C8H9N5/c9-8-11-5-1-3-13-4-2-10-7(12-8)6(5)13/h1,3H,2,4H2,(H3,9,10,11,12). The van der Waals surface area contributed by atoms with Gasteiger partial charge in [-0.05, 0) is 6.07 Å². The Morgan fingerprint density at radius 3 is 3.31 bits per heavy atom. The van der Waals surface area contributed by atoms with Gasteiger partial charge in [-0.2, -0.15) is 4.98 Å². The third-order valence-electron chi connectivity index (χ3n) is 2.27. The summed E-state index contributed by atoms with van der Waals surface area (Å²) < 4.78 is 2.14. The number of nitrogens with one attached hydrogen (secondary N) is 1. The molecule has 0 saturated heterocycles. The van der Waals surface area contributed by atoms with Crippen LogP contribution in [0.1, 0.15) is 0 Å². The zero-order valence-electron chi connectivity index (χ0n) is 6.99. The van der Waals surface area contributed by atoms with Crippen LogP contribution in [0.15, 0.2) is 12.3 Å². The normalized spacial score (nSPS) is 14.5. The lowest BCUT2D eigenvalue weighted by Gasteiger charge is -2.16. The Hall–Kier alpha value is -1.78. The van der Waals surface area contributed by atoms with Gasteiger partial charge in [0.1, 0.15) is 5.52 Å². The largest absolute Gasteiger partial charge is 0.368 e. The zero-order chi connectivity index (χ0) is 8.84. The molecule has 0 aromatic carbocycles. The molecule has 1 aliphatic rings. The average Bonchev–Trinajstić information content (AvgIpc) is 2.50. The quantitative estimate of drug-likeness (QED) is 0.609. The minimum Gasteiger partial charge on any atom is -0.368 e. The lowest BCUT2D eigenvalue weighted by molar-refractivity contribution is 0.736. The minimum absolute atomic E-state index is 0.328. The Balaban J connectivity index is 2.47. The molecule has 0 unspecified atom stereocenters.